The second kappa shape index (κ2) is 6.52. The first-order valence-corrected chi connectivity index (χ1v) is 7.16. The minimum absolute atomic E-state index is 0.0288. The molecule has 1 aliphatic carbocycles. The number of benzene rings is 1. The van der Waals surface area contributed by atoms with Crippen molar-refractivity contribution in [1.82, 2.24) is 4.90 Å². The third-order valence-electron chi connectivity index (χ3n) is 4.11. The Morgan fingerprint density at radius 2 is 2.19 bits per heavy atom. The lowest BCUT2D eigenvalue weighted by Crippen LogP contribution is -2.35. The minimum atomic E-state index is -0.413. The van der Waals surface area contributed by atoms with Crippen LogP contribution < -0.4 is 0 Å². The van der Waals surface area contributed by atoms with Crippen LogP contribution in [0.15, 0.2) is 36.4 Å². The van der Waals surface area contributed by atoms with E-state index in [1.807, 2.05) is 13.0 Å². The highest BCUT2D eigenvalue weighted by molar-refractivity contribution is 5.79. The number of amides is 1. The molecule has 5 heteroatoms. The third-order valence-corrected chi connectivity index (χ3v) is 4.11. The fourth-order valence-corrected chi connectivity index (χ4v) is 2.62. The van der Waals surface area contributed by atoms with Crippen LogP contribution in [-0.2, 0) is 4.79 Å². The van der Waals surface area contributed by atoms with Gasteiger partial charge < -0.3 is 4.90 Å². The van der Waals surface area contributed by atoms with Gasteiger partial charge in [-0.2, -0.15) is 0 Å². The van der Waals surface area contributed by atoms with E-state index in [0.29, 0.717) is 0 Å². The van der Waals surface area contributed by atoms with Gasteiger partial charge in [0.2, 0.25) is 5.91 Å². The van der Waals surface area contributed by atoms with Gasteiger partial charge in [0.05, 0.1) is 11.0 Å². The Morgan fingerprint density at radius 1 is 1.43 bits per heavy atom. The van der Waals surface area contributed by atoms with Crippen LogP contribution in [0.4, 0.5) is 5.69 Å². The van der Waals surface area contributed by atoms with Crippen LogP contribution in [0.3, 0.4) is 0 Å². The van der Waals surface area contributed by atoms with Crippen molar-refractivity contribution >= 4 is 11.6 Å². The monoisotopic (exact) mass is 288 g/mol. The zero-order valence-corrected chi connectivity index (χ0v) is 12.4. The number of carbonyl (C=O) groups excluding carboxylic acids is 1. The van der Waals surface area contributed by atoms with Crippen molar-refractivity contribution in [2.24, 2.45) is 5.92 Å². The Kier molecular flexibility index (Phi) is 4.73. The summed E-state index contributed by atoms with van der Waals surface area (Å²) >= 11 is 0. The van der Waals surface area contributed by atoms with Crippen LogP contribution in [0.2, 0.25) is 0 Å². The lowest BCUT2D eigenvalue weighted by Gasteiger charge is -2.29. The van der Waals surface area contributed by atoms with E-state index in [2.05, 4.69) is 12.2 Å². The molecule has 1 aromatic rings. The number of non-ortho nitro benzene ring substituents is 1. The largest absolute Gasteiger partial charge is 0.339 e. The zero-order valence-electron chi connectivity index (χ0n) is 12.4. The third kappa shape index (κ3) is 3.48. The summed E-state index contributed by atoms with van der Waals surface area (Å²) in [5.74, 6) is 0.138. The molecule has 1 aromatic carbocycles. The van der Waals surface area contributed by atoms with Crippen molar-refractivity contribution in [2.75, 3.05) is 7.05 Å². The molecule has 0 unspecified atom stereocenters. The van der Waals surface area contributed by atoms with Crippen molar-refractivity contribution < 1.29 is 9.72 Å². The van der Waals surface area contributed by atoms with Crippen LogP contribution in [0, 0.1) is 16.0 Å². The summed E-state index contributed by atoms with van der Waals surface area (Å²) in [6.45, 7) is 1.90. The molecule has 5 nitrogen and oxygen atoms in total. The van der Waals surface area contributed by atoms with Gasteiger partial charge in [-0.25, -0.2) is 0 Å². The summed E-state index contributed by atoms with van der Waals surface area (Å²) in [7, 11) is 1.77. The Morgan fingerprint density at radius 3 is 2.81 bits per heavy atom. The van der Waals surface area contributed by atoms with E-state index in [4.69, 9.17) is 0 Å². The molecule has 2 rings (SSSR count). The van der Waals surface area contributed by atoms with Crippen LogP contribution in [0.5, 0.6) is 0 Å². The summed E-state index contributed by atoms with van der Waals surface area (Å²) in [5.41, 5.74) is 0.840. The van der Waals surface area contributed by atoms with Crippen molar-refractivity contribution in [3.63, 3.8) is 0 Å². The number of hydrogen-bond donors (Lipinski definition) is 0. The second-order valence-electron chi connectivity index (χ2n) is 5.46. The molecule has 0 aliphatic heterocycles. The highest BCUT2D eigenvalue weighted by atomic mass is 16.6. The fraction of sp³-hybridized carbons (Fsp3) is 0.438. The number of nitrogens with zero attached hydrogens (tertiary/aromatic N) is 2. The Labute approximate surface area is 124 Å². The highest BCUT2D eigenvalue weighted by Crippen LogP contribution is 2.27. The first kappa shape index (κ1) is 15.2. The summed E-state index contributed by atoms with van der Waals surface area (Å²) in [4.78, 5) is 24.6. The molecule has 112 valence electrons. The Balaban J connectivity index is 2.12. The molecule has 0 saturated carbocycles. The fourth-order valence-electron chi connectivity index (χ4n) is 2.62. The van der Waals surface area contributed by atoms with Gasteiger partial charge in [0.15, 0.2) is 0 Å². The van der Waals surface area contributed by atoms with Gasteiger partial charge in [-0.15, -0.1) is 0 Å². The van der Waals surface area contributed by atoms with Crippen molar-refractivity contribution in [2.45, 2.75) is 32.2 Å². The van der Waals surface area contributed by atoms with E-state index in [-0.39, 0.29) is 23.6 Å². The molecule has 0 aromatic heterocycles. The Bertz CT molecular complexity index is 568. The zero-order chi connectivity index (χ0) is 15.4. The molecule has 0 bridgehead atoms. The number of nitro groups is 1. The van der Waals surface area contributed by atoms with Gasteiger partial charge in [0, 0.05) is 25.1 Å². The van der Waals surface area contributed by atoms with Crippen molar-refractivity contribution in [3.05, 3.63) is 52.1 Å². The van der Waals surface area contributed by atoms with Crippen LogP contribution >= 0.6 is 0 Å². The van der Waals surface area contributed by atoms with Gasteiger partial charge in [0.25, 0.3) is 5.69 Å². The van der Waals surface area contributed by atoms with E-state index in [1.165, 1.54) is 12.1 Å². The van der Waals surface area contributed by atoms with Crippen molar-refractivity contribution in [1.29, 1.82) is 0 Å². The van der Waals surface area contributed by atoms with E-state index in [1.54, 1.807) is 18.0 Å². The molecule has 1 amide bonds. The molecule has 21 heavy (non-hydrogen) atoms. The number of allylic oxidation sites excluding steroid dienone is 2. The number of rotatable bonds is 4. The van der Waals surface area contributed by atoms with E-state index in [0.717, 1.165) is 24.8 Å². The van der Waals surface area contributed by atoms with Gasteiger partial charge in [-0.3, -0.25) is 14.9 Å². The number of nitro benzene ring substituents is 1. The topological polar surface area (TPSA) is 63.5 Å². The van der Waals surface area contributed by atoms with Crippen molar-refractivity contribution in [3.8, 4) is 0 Å². The van der Waals surface area contributed by atoms with Gasteiger partial charge in [-0.1, -0.05) is 24.3 Å². The van der Waals surface area contributed by atoms with Gasteiger partial charge in [0.1, 0.15) is 0 Å². The molecule has 0 radical (unpaired) electrons. The lowest BCUT2D eigenvalue weighted by atomic mass is 9.92. The maximum Gasteiger partial charge on any atom is 0.269 e. The van der Waals surface area contributed by atoms with E-state index < -0.39 is 4.92 Å². The maximum atomic E-state index is 12.5. The number of carbonyl (C=O) groups is 1. The summed E-state index contributed by atoms with van der Waals surface area (Å²) < 4.78 is 0. The SMILES string of the molecule is C[C@H](c1cccc([N+](=O)[O-])c1)N(C)C(=O)[C@@H]1CC=CCC1. The normalized spacial score (nSPS) is 19.0. The molecular formula is C16H20N2O3. The molecule has 0 fully saturated rings. The standard InChI is InChI=1S/C16H20N2O3/c1-12(14-9-6-10-15(11-14)18(20)21)17(2)16(19)13-7-4-3-5-8-13/h3-4,6,9-13H,5,7-8H2,1-2H3/t12-,13-/m1/s1. The molecular weight excluding hydrogens is 268 g/mol. The van der Waals surface area contributed by atoms with E-state index in [9.17, 15) is 14.9 Å². The quantitative estimate of drug-likeness (QED) is 0.484. The summed E-state index contributed by atoms with van der Waals surface area (Å²) in [6.07, 6.45) is 6.76. The maximum absolute atomic E-state index is 12.5. The molecule has 1 aliphatic rings. The van der Waals surface area contributed by atoms with E-state index >= 15 is 0 Å². The average molecular weight is 288 g/mol. The highest BCUT2D eigenvalue weighted by Gasteiger charge is 2.26. The summed E-state index contributed by atoms with van der Waals surface area (Å²) in [5, 5.41) is 10.8. The predicted molar refractivity (Wildman–Crippen MR) is 80.8 cm³/mol. The average Bonchev–Trinajstić information content (AvgIpc) is 2.53. The molecule has 0 N–H and O–H groups in total. The molecule has 0 spiro atoms. The molecule has 0 heterocycles. The first-order valence-electron chi connectivity index (χ1n) is 7.16. The van der Waals surface area contributed by atoms with Crippen LogP contribution in [0.25, 0.3) is 0 Å². The minimum Gasteiger partial charge on any atom is -0.339 e. The smallest absolute Gasteiger partial charge is 0.269 e. The summed E-state index contributed by atoms with van der Waals surface area (Å²) in [6, 6.07) is 6.30. The first-order chi connectivity index (χ1) is 10.0. The van der Waals surface area contributed by atoms with Crippen LogP contribution in [0.1, 0.15) is 37.8 Å². The Hall–Kier alpha value is -2.17. The molecule has 0 saturated heterocycles. The lowest BCUT2D eigenvalue weighted by molar-refractivity contribution is -0.384. The molecule has 2 atom stereocenters. The number of hydrogen-bond acceptors (Lipinski definition) is 3. The predicted octanol–water partition coefficient (Wildman–Crippen LogP) is 3.47. The second-order valence-corrected chi connectivity index (χ2v) is 5.46. The van der Waals surface area contributed by atoms with Gasteiger partial charge >= 0.3 is 0 Å². The van der Waals surface area contributed by atoms with Gasteiger partial charge in [-0.05, 0) is 31.7 Å². The van der Waals surface area contributed by atoms with Crippen LogP contribution in [-0.4, -0.2) is 22.8 Å².